The molecule has 2 aromatic rings. The molecule has 1 heterocycles. The Morgan fingerprint density at radius 3 is 2.60 bits per heavy atom. The van der Waals surface area contributed by atoms with Crippen LogP contribution in [-0.4, -0.2) is 16.8 Å². The van der Waals surface area contributed by atoms with Crippen molar-refractivity contribution < 1.29 is 9.59 Å². The Labute approximate surface area is 116 Å². The number of hydrazine groups is 1. The first-order chi connectivity index (χ1) is 9.63. The lowest BCUT2D eigenvalue weighted by Gasteiger charge is -2.12. The fraction of sp³-hybridized carbons (Fsp3) is 0.0714. The second-order valence-electron chi connectivity index (χ2n) is 4.17. The van der Waals surface area contributed by atoms with E-state index in [1.54, 1.807) is 43.5 Å². The molecule has 2 amide bonds. The maximum absolute atomic E-state index is 12.1. The van der Waals surface area contributed by atoms with Gasteiger partial charge in [-0.05, 0) is 30.7 Å². The number of nitrogens with one attached hydrogen (secondary N) is 2. The number of carbonyl (C=O) groups excluding carboxylic acids is 2. The molecule has 0 spiro atoms. The predicted octanol–water partition coefficient (Wildman–Crippen LogP) is 1.25. The van der Waals surface area contributed by atoms with E-state index in [-0.39, 0.29) is 5.91 Å². The smallest absolute Gasteiger partial charge is 0.267 e. The minimum atomic E-state index is -0.463. The number of nitrogens with zero attached hydrogens (tertiary/aromatic N) is 1. The third-order valence-electron chi connectivity index (χ3n) is 2.81. The quantitative estimate of drug-likeness (QED) is 0.444. The minimum Gasteiger partial charge on any atom is -0.321 e. The Hall–Kier alpha value is -2.73. The summed E-state index contributed by atoms with van der Waals surface area (Å²) in [5.74, 6) is 4.35. The molecule has 20 heavy (non-hydrogen) atoms. The Bertz CT molecular complexity index is 641. The van der Waals surface area contributed by atoms with E-state index in [0.29, 0.717) is 16.8 Å². The van der Waals surface area contributed by atoms with Gasteiger partial charge in [-0.1, -0.05) is 12.1 Å². The van der Waals surface area contributed by atoms with Crippen LogP contribution in [0.2, 0.25) is 0 Å². The van der Waals surface area contributed by atoms with Crippen LogP contribution < -0.4 is 16.6 Å². The molecule has 1 aromatic heterocycles. The lowest BCUT2D eigenvalue weighted by molar-refractivity contribution is 0.0954. The Balaban J connectivity index is 2.34. The average molecular weight is 270 g/mol. The van der Waals surface area contributed by atoms with Gasteiger partial charge in [0.1, 0.15) is 0 Å². The van der Waals surface area contributed by atoms with E-state index in [4.69, 9.17) is 5.84 Å². The number of nitrogens with two attached hydrogens (primary N) is 1. The summed E-state index contributed by atoms with van der Waals surface area (Å²) in [6.45, 7) is 1.80. The first-order valence-corrected chi connectivity index (χ1v) is 5.95. The van der Waals surface area contributed by atoms with Crippen LogP contribution in [0.5, 0.6) is 0 Å². The molecule has 0 unspecified atom stereocenters. The highest BCUT2D eigenvalue weighted by Gasteiger charge is 2.15. The molecule has 0 saturated carbocycles. The normalized spacial score (nSPS) is 9.90. The van der Waals surface area contributed by atoms with Gasteiger partial charge in [-0.2, -0.15) is 0 Å². The van der Waals surface area contributed by atoms with Crippen molar-refractivity contribution in [3.05, 3.63) is 59.4 Å². The summed E-state index contributed by atoms with van der Waals surface area (Å²) >= 11 is 0. The number of hydrogen-bond donors (Lipinski definition) is 3. The molecule has 0 atom stereocenters. The second kappa shape index (κ2) is 5.94. The number of carbonyl (C=O) groups is 2. The summed E-state index contributed by atoms with van der Waals surface area (Å²) in [7, 11) is 0. The summed E-state index contributed by atoms with van der Waals surface area (Å²) in [6.07, 6.45) is 3.04. The van der Waals surface area contributed by atoms with Gasteiger partial charge < -0.3 is 5.32 Å². The second-order valence-corrected chi connectivity index (χ2v) is 4.17. The average Bonchev–Trinajstić information content (AvgIpc) is 2.49. The van der Waals surface area contributed by atoms with Crippen LogP contribution in [0.3, 0.4) is 0 Å². The predicted molar refractivity (Wildman–Crippen MR) is 75.0 cm³/mol. The topological polar surface area (TPSA) is 97.1 Å². The first-order valence-electron chi connectivity index (χ1n) is 5.95. The zero-order chi connectivity index (χ0) is 14.5. The van der Waals surface area contributed by atoms with Crippen molar-refractivity contribution in [2.75, 3.05) is 5.32 Å². The zero-order valence-electron chi connectivity index (χ0n) is 10.9. The van der Waals surface area contributed by atoms with Gasteiger partial charge in [-0.15, -0.1) is 0 Å². The molecule has 0 radical (unpaired) electrons. The van der Waals surface area contributed by atoms with E-state index in [0.717, 1.165) is 5.56 Å². The Morgan fingerprint density at radius 2 is 1.95 bits per heavy atom. The van der Waals surface area contributed by atoms with E-state index >= 15 is 0 Å². The highest BCUT2D eigenvalue weighted by molar-refractivity contribution is 6.09. The number of anilines is 1. The van der Waals surface area contributed by atoms with Gasteiger partial charge >= 0.3 is 0 Å². The van der Waals surface area contributed by atoms with Gasteiger partial charge in [-0.3, -0.25) is 20.0 Å². The first kappa shape index (κ1) is 13.7. The fourth-order valence-electron chi connectivity index (χ4n) is 1.78. The minimum absolute atomic E-state index is 0.310. The van der Waals surface area contributed by atoms with Crippen molar-refractivity contribution in [2.24, 2.45) is 5.84 Å². The number of aromatic nitrogens is 1. The summed E-state index contributed by atoms with van der Waals surface area (Å²) in [5.41, 5.74) is 3.98. The van der Waals surface area contributed by atoms with E-state index in [2.05, 4.69) is 15.7 Å². The Morgan fingerprint density at radius 1 is 1.15 bits per heavy atom. The largest absolute Gasteiger partial charge is 0.321 e. The summed E-state index contributed by atoms with van der Waals surface area (Å²) in [4.78, 5) is 27.7. The number of nitrogen functional groups attached to an aromatic ring is 1. The molecule has 0 aliphatic heterocycles. The number of pyridine rings is 1. The maximum Gasteiger partial charge on any atom is 0.267 e. The zero-order valence-corrected chi connectivity index (χ0v) is 10.9. The highest BCUT2D eigenvalue weighted by Crippen LogP contribution is 2.21. The molecule has 1 aromatic carbocycles. The van der Waals surface area contributed by atoms with Crippen molar-refractivity contribution in [3.63, 3.8) is 0 Å². The van der Waals surface area contributed by atoms with Crippen molar-refractivity contribution in [1.82, 2.24) is 10.4 Å². The molecule has 0 aliphatic carbocycles. The molecular weight excluding hydrogens is 256 g/mol. The number of benzene rings is 1. The molecule has 102 valence electrons. The number of para-hydroxylation sites is 1. The van der Waals surface area contributed by atoms with Gasteiger partial charge in [0.2, 0.25) is 0 Å². The molecule has 0 aliphatic rings. The molecule has 0 fully saturated rings. The number of rotatable bonds is 3. The van der Waals surface area contributed by atoms with Crippen molar-refractivity contribution >= 4 is 17.5 Å². The summed E-state index contributed by atoms with van der Waals surface area (Å²) in [6, 6.07) is 8.42. The molecule has 0 saturated heterocycles. The summed E-state index contributed by atoms with van der Waals surface area (Å²) < 4.78 is 0. The van der Waals surface area contributed by atoms with Gasteiger partial charge in [0.15, 0.2) is 0 Å². The third kappa shape index (κ3) is 2.81. The lowest BCUT2D eigenvalue weighted by Crippen LogP contribution is -2.31. The van der Waals surface area contributed by atoms with Gasteiger partial charge in [0, 0.05) is 12.4 Å². The maximum atomic E-state index is 12.1. The fourth-order valence-corrected chi connectivity index (χ4v) is 1.78. The molecule has 2 rings (SSSR count). The molecule has 4 N–H and O–H groups in total. The molecule has 6 heteroatoms. The third-order valence-corrected chi connectivity index (χ3v) is 2.81. The van der Waals surface area contributed by atoms with Crippen LogP contribution in [0, 0.1) is 6.92 Å². The van der Waals surface area contributed by atoms with Gasteiger partial charge in [-0.25, -0.2) is 5.84 Å². The molecule has 0 bridgehead atoms. The highest BCUT2D eigenvalue weighted by atomic mass is 16.2. The van der Waals surface area contributed by atoms with Crippen molar-refractivity contribution in [3.8, 4) is 0 Å². The number of hydrogen-bond acceptors (Lipinski definition) is 4. The Kier molecular flexibility index (Phi) is 4.07. The van der Waals surface area contributed by atoms with E-state index < -0.39 is 5.91 Å². The lowest BCUT2D eigenvalue weighted by atomic mass is 10.1. The number of aryl methyl sites for hydroxylation is 1. The van der Waals surface area contributed by atoms with Crippen LogP contribution in [0.25, 0.3) is 0 Å². The SMILES string of the molecule is Cc1cccc(C(=O)NN)c1NC(=O)c1cccnc1. The van der Waals surface area contributed by atoms with E-state index in [1.807, 2.05) is 0 Å². The van der Waals surface area contributed by atoms with Crippen LogP contribution >= 0.6 is 0 Å². The van der Waals surface area contributed by atoms with Crippen LogP contribution in [0.15, 0.2) is 42.7 Å². The standard InChI is InChI=1S/C14H14N4O2/c1-9-4-2-6-11(14(20)18-15)12(9)17-13(19)10-5-3-7-16-8-10/h2-8H,15H2,1H3,(H,17,19)(H,18,20). The number of amides is 2. The monoisotopic (exact) mass is 270 g/mol. The van der Waals surface area contributed by atoms with E-state index in [1.165, 1.54) is 6.20 Å². The van der Waals surface area contributed by atoms with Crippen LogP contribution in [-0.2, 0) is 0 Å². The van der Waals surface area contributed by atoms with Gasteiger partial charge in [0.05, 0.1) is 16.8 Å². The van der Waals surface area contributed by atoms with Crippen molar-refractivity contribution in [1.29, 1.82) is 0 Å². The molecular formula is C14H14N4O2. The van der Waals surface area contributed by atoms with Crippen LogP contribution in [0.1, 0.15) is 26.3 Å². The molecule has 6 nitrogen and oxygen atoms in total. The summed E-state index contributed by atoms with van der Waals surface area (Å²) in [5, 5.41) is 2.72. The van der Waals surface area contributed by atoms with Gasteiger partial charge in [0.25, 0.3) is 11.8 Å². The van der Waals surface area contributed by atoms with E-state index in [9.17, 15) is 9.59 Å². The van der Waals surface area contributed by atoms with Crippen molar-refractivity contribution in [2.45, 2.75) is 6.92 Å². The van der Waals surface area contributed by atoms with Crippen LogP contribution in [0.4, 0.5) is 5.69 Å².